The molecule has 1 N–H and O–H groups in total. The van der Waals surface area contributed by atoms with E-state index in [4.69, 9.17) is 4.74 Å². The lowest BCUT2D eigenvalue weighted by Gasteiger charge is -2.30. The van der Waals surface area contributed by atoms with Crippen LogP contribution in [0.5, 0.6) is 5.75 Å². The largest absolute Gasteiger partial charge is 0.494 e. The molecule has 0 atom stereocenters. The highest BCUT2D eigenvalue weighted by atomic mass is 16.5. The normalized spacial score (nSPS) is 13.2. The van der Waals surface area contributed by atoms with Gasteiger partial charge in [0.1, 0.15) is 23.2 Å². The Balaban J connectivity index is 1.53. The molecule has 5 heteroatoms. The number of nitrogens with one attached hydrogen (secondary N) is 1. The third-order valence-corrected chi connectivity index (χ3v) is 4.72. The van der Waals surface area contributed by atoms with Gasteiger partial charge < -0.3 is 15.0 Å². The molecule has 0 aliphatic carbocycles. The molecule has 3 aromatic rings. The van der Waals surface area contributed by atoms with Gasteiger partial charge in [0.15, 0.2) is 0 Å². The fourth-order valence-corrected chi connectivity index (χ4v) is 3.42. The van der Waals surface area contributed by atoms with Crippen molar-refractivity contribution in [3.63, 3.8) is 0 Å². The topological polar surface area (TPSA) is 50.3 Å². The molecule has 1 aliphatic heterocycles. The number of hydrogen-bond acceptors (Lipinski definition) is 5. The Labute approximate surface area is 160 Å². The van der Waals surface area contributed by atoms with Crippen LogP contribution in [0.1, 0.15) is 23.9 Å². The number of rotatable bonds is 5. The average Bonchev–Trinajstić information content (AvgIpc) is 2.69. The summed E-state index contributed by atoms with van der Waals surface area (Å²) in [4.78, 5) is 11.5. The van der Waals surface area contributed by atoms with Crippen molar-refractivity contribution in [2.24, 2.45) is 0 Å². The van der Waals surface area contributed by atoms with E-state index >= 15 is 0 Å². The zero-order valence-electron chi connectivity index (χ0n) is 15.8. The fourth-order valence-electron chi connectivity index (χ4n) is 3.42. The average molecular weight is 360 g/mol. The van der Waals surface area contributed by atoms with Gasteiger partial charge in [0.2, 0.25) is 0 Å². The van der Waals surface area contributed by atoms with Gasteiger partial charge in [-0.2, -0.15) is 0 Å². The molecular weight excluding hydrogens is 336 g/mol. The first kappa shape index (κ1) is 17.3. The molecule has 0 saturated carbocycles. The van der Waals surface area contributed by atoms with E-state index in [9.17, 15) is 0 Å². The van der Waals surface area contributed by atoms with Gasteiger partial charge in [-0.25, -0.2) is 9.97 Å². The van der Waals surface area contributed by atoms with Crippen LogP contribution in [0.4, 0.5) is 17.3 Å². The number of aromatic nitrogens is 2. The summed E-state index contributed by atoms with van der Waals surface area (Å²) in [5.41, 5.74) is 3.79. The Morgan fingerprint density at radius 2 is 1.81 bits per heavy atom. The van der Waals surface area contributed by atoms with Gasteiger partial charge in [-0.3, -0.25) is 0 Å². The van der Waals surface area contributed by atoms with Gasteiger partial charge in [-0.1, -0.05) is 24.3 Å². The molecule has 0 fully saturated rings. The van der Waals surface area contributed by atoms with Gasteiger partial charge in [0, 0.05) is 24.8 Å². The molecule has 0 amide bonds. The van der Waals surface area contributed by atoms with Gasteiger partial charge in [-0.05, 0) is 55.7 Å². The third-order valence-electron chi connectivity index (χ3n) is 4.72. The molecule has 138 valence electrons. The first-order valence-electron chi connectivity index (χ1n) is 9.38. The zero-order chi connectivity index (χ0) is 18.6. The summed E-state index contributed by atoms with van der Waals surface area (Å²) >= 11 is 0. The maximum absolute atomic E-state index is 5.50. The van der Waals surface area contributed by atoms with Crippen molar-refractivity contribution in [1.29, 1.82) is 0 Å². The monoisotopic (exact) mass is 360 g/mol. The Hall–Kier alpha value is -3.08. The zero-order valence-corrected chi connectivity index (χ0v) is 15.8. The summed E-state index contributed by atoms with van der Waals surface area (Å²) in [6, 6.07) is 18.6. The smallest absolute Gasteiger partial charge is 0.136 e. The van der Waals surface area contributed by atoms with Crippen molar-refractivity contribution >= 4 is 17.3 Å². The second kappa shape index (κ2) is 7.66. The van der Waals surface area contributed by atoms with Crippen LogP contribution in [0.15, 0.2) is 54.6 Å². The summed E-state index contributed by atoms with van der Waals surface area (Å²) in [5.74, 6) is 3.40. The van der Waals surface area contributed by atoms with E-state index in [1.54, 1.807) is 0 Å². The minimum atomic E-state index is 0.667. The van der Waals surface area contributed by atoms with E-state index in [0.29, 0.717) is 6.61 Å². The van der Waals surface area contributed by atoms with Crippen LogP contribution in [-0.4, -0.2) is 23.1 Å². The van der Waals surface area contributed by atoms with Crippen molar-refractivity contribution in [2.75, 3.05) is 23.4 Å². The second-order valence-corrected chi connectivity index (χ2v) is 6.68. The van der Waals surface area contributed by atoms with Crippen LogP contribution in [0, 0.1) is 6.92 Å². The van der Waals surface area contributed by atoms with Crippen LogP contribution < -0.4 is 15.0 Å². The highest BCUT2D eigenvalue weighted by molar-refractivity contribution is 5.61. The Bertz CT molecular complexity index is 924. The van der Waals surface area contributed by atoms with Crippen molar-refractivity contribution < 1.29 is 4.74 Å². The lowest BCUT2D eigenvalue weighted by atomic mass is 10.00. The number of fused-ring (bicyclic) bond motifs is 1. The van der Waals surface area contributed by atoms with Gasteiger partial charge in [0.05, 0.1) is 6.61 Å². The van der Waals surface area contributed by atoms with Gasteiger partial charge in [0.25, 0.3) is 0 Å². The number of ether oxygens (including phenoxy) is 1. The minimum Gasteiger partial charge on any atom is -0.494 e. The van der Waals surface area contributed by atoms with E-state index in [-0.39, 0.29) is 0 Å². The molecule has 0 unspecified atom stereocenters. The highest BCUT2D eigenvalue weighted by Crippen LogP contribution is 2.26. The number of aryl methyl sites for hydroxylation is 1. The maximum atomic E-state index is 5.50. The molecule has 2 aromatic carbocycles. The van der Waals surface area contributed by atoms with E-state index in [2.05, 4.69) is 44.5 Å². The Morgan fingerprint density at radius 3 is 2.59 bits per heavy atom. The molecule has 0 saturated heterocycles. The van der Waals surface area contributed by atoms with Crippen molar-refractivity contribution in [1.82, 2.24) is 9.97 Å². The van der Waals surface area contributed by atoms with Crippen LogP contribution in [0.3, 0.4) is 0 Å². The molecule has 5 nitrogen and oxygen atoms in total. The quantitative estimate of drug-likeness (QED) is 0.726. The van der Waals surface area contributed by atoms with E-state index in [1.807, 2.05) is 44.2 Å². The van der Waals surface area contributed by atoms with Crippen molar-refractivity contribution in [3.05, 3.63) is 71.5 Å². The van der Waals surface area contributed by atoms with Crippen molar-refractivity contribution in [2.45, 2.75) is 26.8 Å². The lowest BCUT2D eigenvalue weighted by Crippen LogP contribution is -2.31. The first-order chi connectivity index (χ1) is 13.2. The summed E-state index contributed by atoms with van der Waals surface area (Å²) in [6.07, 6.45) is 1.04. The predicted octanol–water partition coefficient (Wildman–Crippen LogP) is 4.49. The molecular formula is C22H24N4O. The SMILES string of the molecule is CCOc1ccc(Nc2cc(N3CCc4ccccc4C3)nc(C)n2)cc1. The molecule has 2 heterocycles. The van der Waals surface area contributed by atoms with Gasteiger partial charge in [-0.15, -0.1) is 0 Å². The summed E-state index contributed by atoms with van der Waals surface area (Å²) in [5, 5.41) is 3.38. The number of anilines is 3. The lowest BCUT2D eigenvalue weighted by molar-refractivity contribution is 0.340. The van der Waals surface area contributed by atoms with E-state index < -0.39 is 0 Å². The predicted molar refractivity (Wildman–Crippen MR) is 109 cm³/mol. The molecule has 1 aromatic heterocycles. The first-order valence-corrected chi connectivity index (χ1v) is 9.38. The standard InChI is InChI=1S/C22H24N4O/c1-3-27-20-10-8-19(9-11-20)25-21-14-22(24-16(2)23-21)26-13-12-17-6-4-5-7-18(17)15-26/h4-11,14H,3,12-13,15H2,1-2H3,(H,23,24,25). The fraction of sp³-hybridized carbons (Fsp3) is 0.273. The van der Waals surface area contributed by atoms with E-state index in [1.165, 1.54) is 11.1 Å². The number of nitrogens with zero attached hydrogens (tertiary/aromatic N) is 3. The Kier molecular flexibility index (Phi) is 4.92. The molecule has 0 radical (unpaired) electrons. The number of benzene rings is 2. The molecule has 0 bridgehead atoms. The minimum absolute atomic E-state index is 0.667. The van der Waals surface area contributed by atoms with E-state index in [0.717, 1.165) is 48.4 Å². The maximum Gasteiger partial charge on any atom is 0.136 e. The molecule has 1 aliphatic rings. The van der Waals surface area contributed by atoms with Gasteiger partial charge >= 0.3 is 0 Å². The molecule has 27 heavy (non-hydrogen) atoms. The van der Waals surface area contributed by atoms with Crippen LogP contribution >= 0.6 is 0 Å². The third kappa shape index (κ3) is 4.03. The van der Waals surface area contributed by atoms with Crippen LogP contribution in [0.25, 0.3) is 0 Å². The van der Waals surface area contributed by atoms with Crippen LogP contribution in [-0.2, 0) is 13.0 Å². The highest BCUT2D eigenvalue weighted by Gasteiger charge is 2.18. The molecule has 4 rings (SSSR count). The number of hydrogen-bond donors (Lipinski definition) is 1. The summed E-state index contributed by atoms with van der Waals surface area (Å²) < 4.78 is 5.50. The molecule has 0 spiro atoms. The van der Waals surface area contributed by atoms with Crippen molar-refractivity contribution in [3.8, 4) is 5.75 Å². The summed E-state index contributed by atoms with van der Waals surface area (Å²) in [7, 11) is 0. The summed E-state index contributed by atoms with van der Waals surface area (Å²) in [6.45, 7) is 6.44. The Morgan fingerprint density at radius 1 is 1.04 bits per heavy atom. The van der Waals surface area contributed by atoms with Crippen LogP contribution in [0.2, 0.25) is 0 Å². The second-order valence-electron chi connectivity index (χ2n) is 6.68.